The molecule has 212 valence electrons. The van der Waals surface area contributed by atoms with Gasteiger partial charge in [0.25, 0.3) is 5.91 Å². The summed E-state index contributed by atoms with van der Waals surface area (Å²) in [4.78, 5) is 22.9. The monoisotopic (exact) mass is 550 g/mol. The van der Waals surface area contributed by atoms with Gasteiger partial charge in [0.15, 0.2) is 0 Å². The lowest BCUT2D eigenvalue weighted by Crippen LogP contribution is -2.43. The fraction of sp³-hybridized carbons (Fsp3) is 0.593. The van der Waals surface area contributed by atoms with Crippen LogP contribution in [-0.2, 0) is 6.18 Å². The van der Waals surface area contributed by atoms with Crippen LogP contribution in [-0.4, -0.2) is 60.1 Å². The SMILES string of the molecule is COc1cc(C(=O)NC2CCN(C)CC2)c(F)cc1Nc1ncc(C(F)(F)F)c(NC2CC23CCCCC3)n1. The van der Waals surface area contributed by atoms with Gasteiger partial charge >= 0.3 is 6.18 Å². The first-order valence-corrected chi connectivity index (χ1v) is 13.4. The average molecular weight is 551 g/mol. The average Bonchev–Trinajstić information content (AvgIpc) is 3.54. The number of benzene rings is 1. The molecule has 1 aromatic carbocycles. The van der Waals surface area contributed by atoms with Gasteiger partial charge in [-0.3, -0.25) is 4.79 Å². The second kappa shape index (κ2) is 10.8. The normalized spacial score (nSPS) is 21.4. The van der Waals surface area contributed by atoms with Crippen molar-refractivity contribution < 1.29 is 27.1 Å². The van der Waals surface area contributed by atoms with Gasteiger partial charge in [-0.05, 0) is 63.7 Å². The van der Waals surface area contributed by atoms with Gasteiger partial charge in [0.1, 0.15) is 22.9 Å². The van der Waals surface area contributed by atoms with Crippen molar-refractivity contribution in [3.05, 3.63) is 35.3 Å². The Morgan fingerprint density at radius 2 is 1.87 bits per heavy atom. The van der Waals surface area contributed by atoms with Crippen LogP contribution in [0.25, 0.3) is 0 Å². The van der Waals surface area contributed by atoms with E-state index >= 15 is 4.39 Å². The van der Waals surface area contributed by atoms with Crippen LogP contribution < -0.4 is 20.7 Å². The molecule has 2 heterocycles. The smallest absolute Gasteiger partial charge is 0.421 e. The summed E-state index contributed by atoms with van der Waals surface area (Å²) < 4.78 is 61.6. The van der Waals surface area contributed by atoms with Crippen molar-refractivity contribution in [2.75, 3.05) is 37.9 Å². The van der Waals surface area contributed by atoms with Crippen LogP contribution in [0, 0.1) is 11.2 Å². The number of carbonyl (C=O) groups is 1. The van der Waals surface area contributed by atoms with Crippen LogP contribution in [0.2, 0.25) is 0 Å². The fourth-order valence-electron chi connectivity index (χ4n) is 5.82. The maximum Gasteiger partial charge on any atom is 0.421 e. The number of nitrogens with one attached hydrogen (secondary N) is 3. The second-order valence-corrected chi connectivity index (χ2v) is 11.0. The highest BCUT2D eigenvalue weighted by molar-refractivity contribution is 5.96. The van der Waals surface area contributed by atoms with Crippen LogP contribution in [0.3, 0.4) is 0 Å². The van der Waals surface area contributed by atoms with E-state index in [9.17, 15) is 18.0 Å². The van der Waals surface area contributed by atoms with Crippen LogP contribution in [0.15, 0.2) is 18.3 Å². The van der Waals surface area contributed by atoms with E-state index in [4.69, 9.17) is 4.74 Å². The number of alkyl halides is 3. The molecule has 3 N–H and O–H groups in total. The van der Waals surface area contributed by atoms with Crippen molar-refractivity contribution in [1.29, 1.82) is 0 Å². The van der Waals surface area contributed by atoms with Crippen molar-refractivity contribution in [1.82, 2.24) is 20.2 Å². The van der Waals surface area contributed by atoms with Crippen molar-refractivity contribution in [3.8, 4) is 5.75 Å². The minimum absolute atomic E-state index is 0.0377. The number of amides is 1. The van der Waals surface area contributed by atoms with Crippen LogP contribution in [0.5, 0.6) is 5.75 Å². The molecule has 1 saturated heterocycles. The summed E-state index contributed by atoms with van der Waals surface area (Å²) in [6.07, 6.45) is 3.75. The Morgan fingerprint density at radius 3 is 2.54 bits per heavy atom. The molecule has 1 unspecified atom stereocenters. The quantitative estimate of drug-likeness (QED) is 0.401. The first-order chi connectivity index (χ1) is 18.6. The molecule has 1 aromatic heterocycles. The number of halogens is 4. The Bertz CT molecular complexity index is 1210. The summed E-state index contributed by atoms with van der Waals surface area (Å²) in [6.45, 7) is 1.68. The molecule has 39 heavy (non-hydrogen) atoms. The Kier molecular flexibility index (Phi) is 7.58. The van der Waals surface area contributed by atoms with Crippen molar-refractivity contribution in [2.24, 2.45) is 5.41 Å². The molecule has 2 saturated carbocycles. The van der Waals surface area contributed by atoms with E-state index in [2.05, 4.69) is 30.8 Å². The lowest BCUT2D eigenvalue weighted by molar-refractivity contribution is -0.137. The van der Waals surface area contributed by atoms with Crippen LogP contribution in [0.1, 0.15) is 67.3 Å². The van der Waals surface area contributed by atoms with Gasteiger partial charge in [-0.2, -0.15) is 18.2 Å². The molecule has 1 atom stereocenters. The number of aromatic nitrogens is 2. The maximum atomic E-state index is 15.1. The summed E-state index contributed by atoms with van der Waals surface area (Å²) in [5.41, 5.74) is -1.01. The van der Waals surface area contributed by atoms with Gasteiger partial charge in [-0.25, -0.2) is 9.37 Å². The van der Waals surface area contributed by atoms with Crippen LogP contribution >= 0.6 is 0 Å². The van der Waals surface area contributed by atoms with Gasteiger partial charge in [0.05, 0.1) is 18.4 Å². The number of methoxy groups -OCH3 is 1. The zero-order chi connectivity index (χ0) is 27.8. The highest BCUT2D eigenvalue weighted by Crippen LogP contribution is 2.57. The summed E-state index contributed by atoms with van der Waals surface area (Å²) >= 11 is 0. The van der Waals surface area contributed by atoms with Crippen LogP contribution in [0.4, 0.5) is 35.0 Å². The summed E-state index contributed by atoms with van der Waals surface area (Å²) in [5, 5.41) is 8.65. The van der Waals surface area contributed by atoms with E-state index in [1.165, 1.54) is 13.2 Å². The number of anilines is 3. The molecule has 2 aromatic rings. The second-order valence-electron chi connectivity index (χ2n) is 11.0. The van der Waals surface area contributed by atoms with E-state index < -0.39 is 23.5 Å². The molecule has 1 amide bonds. The molecule has 5 rings (SSSR count). The molecule has 0 bridgehead atoms. The molecule has 0 radical (unpaired) electrons. The fourth-order valence-corrected chi connectivity index (χ4v) is 5.82. The first kappa shape index (κ1) is 27.4. The standard InChI is InChI=1S/C27H34F4N6O2/c1-37-10-6-16(7-11-37)33-24(38)17-12-21(39-2)20(13-19(17)28)34-25-32-15-18(27(29,30)31)23(36-25)35-22-14-26(22)8-4-3-5-9-26/h12-13,15-16,22H,3-11,14H2,1-2H3,(H,33,38)(H2,32,34,35,36). The number of likely N-dealkylation sites (tertiary alicyclic amines) is 1. The van der Waals surface area contributed by atoms with Gasteiger partial charge in [-0.1, -0.05) is 19.3 Å². The highest BCUT2D eigenvalue weighted by Gasteiger charge is 2.54. The van der Waals surface area contributed by atoms with E-state index in [0.29, 0.717) is 0 Å². The lowest BCUT2D eigenvalue weighted by atomic mass is 9.86. The van der Waals surface area contributed by atoms with E-state index in [-0.39, 0.29) is 46.3 Å². The first-order valence-electron chi connectivity index (χ1n) is 13.4. The van der Waals surface area contributed by atoms with E-state index in [1.54, 1.807) is 0 Å². The third-order valence-electron chi connectivity index (χ3n) is 8.28. The Labute approximate surface area is 224 Å². The molecule has 2 aliphatic carbocycles. The molecule has 8 nitrogen and oxygen atoms in total. The summed E-state index contributed by atoms with van der Waals surface area (Å²) in [5.74, 6) is -1.67. The van der Waals surface area contributed by atoms with Crippen molar-refractivity contribution in [2.45, 2.75) is 69.6 Å². The Morgan fingerprint density at radius 1 is 1.15 bits per heavy atom. The molecule has 3 fully saturated rings. The number of ether oxygens (including phenoxy) is 1. The van der Waals surface area contributed by atoms with Gasteiger partial charge in [-0.15, -0.1) is 0 Å². The molecule has 1 aliphatic heterocycles. The zero-order valence-corrected chi connectivity index (χ0v) is 22.1. The predicted octanol–water partition coefficient (Wildman–Crippen LogP) is 5.35. The summed E-state index contributed by atoms with van der Waals surface area (Å²) in [6, 6.07) is 2.20. The molecule has 12 heteroatoms. The number of rotatable bonds is 7. The predicted molar refractivity (Wildman–Crippen MR) is 139 cm³/mol. The van der Waals surface area contributed by atoms with Gasteiger partial charge in [0, 0.05) is 24.3 Å². The van der Waals surface area contributed by atoms with E-state index in [1.807, 2.05) is 7.05 Å². The largest absolute Gasteiger partial charge is 0.495 e. The van der Waals surface area contributed by atoms with Gasteiger partial charge in [0.2, 0.25) is 5.95 Å². The van der Waals surface area contributed by atoms with Crippen molar-refractivity contribution in [3.63, 3.8) is 0 Å². The summed E-state index contributed by atoms with van der Waals surface area (Å²) in [7, 11) is 3.36. The Hall–Kier alpha value is -3.15. The molecular weight excluding hydrogens is 516 g/mol. The third kappa shape index (κ3) is 6.05. The van der Waals surface area contributed by atoms with E-state index in [0.717, 1.165) is 76.7 Å². The molecule has 3 aliphatic rings. The lowest BCUT2D eigenvalue weighted by Gasteiger charge is -2.29. The zero-order valence-electron chi connectivity index (χ0n) is 22.1. The maximum absolute atomic E-state index is 15.1. The molecular formula is C27H34F4N6O2. The minimum Gasteiger partial charge on any atom is -0.495 e. The Balaban J connectivity index is 1.34. The molecule has 1 spiro atoms. The number of carbonyl (C=O) groups excluding carboxylic acids is 1. The number of piperidine rings is 1. The van der Waals surface area contributed by atoms with Gasteiger partial charge < -0.3 is 25.6 Å². The highest BCUT2D eigenvalue weighted by atomic mass is 19.4. The number of nitrogens with zero attached hydrogens (tertiary/aromatic N) is 3. The number of hydrogen-bond acceptors (Lipinski definition) is 7. The topological polar surface area (TPSA) is 91.4 Å². The number of hydrogen-bond donors (Lipinski definition) is 3. The van der Waals surface area contributed by atoms with Crippen molar-refractivity contribution >= 4 is 23.4 Å². The minimum atomic E-state index is -4.64. The third-order valence-corrected chi connectivity index (χ3v) is 8.28.